The lowest BCUT2D eigenvalue weighted by molar-refractivity contribution is -0.191. The number of hydrogen-bond acceptors (Lipinski definition) is 5. The summed E-state index contributed by atoms with van der Waals surface area (Å²) in [6.45, 7) is 6.77. The van der Waals surface area contributed by atoms with Gasteiger partial charge in [-0.3, -0.25) is 0 Å². The highest BCUT2D eigenvalue weighted by Gasteiger charge is 2.32. The molecule has 2 rings (SSSR count). The highest BCUT2D eigenvalue weighted by Crippen LogP contribution is 2.39. The van der Waals surface area contributed by atoms with E-state index in [9.17, 15) is 0 Å². The first kappa shape index (κ1) is 24.6. The third kappa shape index (κ3) is 9.16. The first-order valence-corrected chi connectivity index (χ1v) is 10.4. The van der Waals surface area contributed by atoms with Gasteiger partial charge in [-0.15, -0.1) is 0 Å². The summed E-state index contributed by atoms with van der Waals surface area (Å²) < 4.78 is 0. The van der Waals surface area contributed by atoms with Crippen LogP contribution in [0, 0.1) is 11.8 Å². The number of nitrogens with two attached hydrogens (primary N) is 1. The van der Waals surface area contributed by atoms with Crippen molar-refractivity contribution >= 4 is 13.3 Å². The average Bonchev–Trinajstić information content (AvgIpc) is 2.57. The van der Waals surface area contributed by atoms with Crippen LogP contribution < -0.4 is 5.73 Å². The summed E-state index contributed by atoms with van der Waals surface area (Å²) in [5, 5.41) is 17.7. The number of carbonyl (C=O) groups excluding carboxylic acids is 2. The van der Waals surface area contributed by atoms with E-state index < -0.39 is 7.12 Å². The van der Waals surface area contributed by atoms with Crippen molar-refractivity contribution in [2.75, 3.05) is 0 Å². The van der Waals surface area contributed by atoms with Crippen molar-refractivity contribution in [3.63, 3.8) is 0 Å². The third-order valence-electron chi connectivity index (χ3n) is 5.79. The number of rotatable bonds is 9. The molecule has 0 radical (unpaired) electrons. The van der Waals surface area contributed by atoms with Gasteiger partial charge in [-0.2, -0.15) is 9.59 Å². The summed E-state index contributed by atoms with van der Waals surface area (Å²) >= 11 is 0. The Hall–Kier alpha value is -1.46. The minimum atomic E-state index is -1.17. The molecule has 5 nitrogen and oxygen atoms in total. The zero-order valence-electron chi connectivity index (χ0n) is 17.6. The van der Waals surface area contributed by atoms with E-state index in [-0.39, 0.29) is 17.6 Å². The lowest BCUT2D eigenvalue weighted by Crippen LogP contribution is -2.39. The predicted octanol–water partition coefficient (Wildman–Crippen LogP) is 3.33. The van der Waals surface area contributed by atoms with Crippen molar-refractivity contribution in [1.29, 1.82) is 0 Å². The van der Waals surface area contributed by atoms with E-state index in [2.05, 4.69) is 45.0 Å². The molecule has 1 saturated carbocycles. The molecule has 0 bridgehead atoms. The molecular weight excluding hydrogens is 353 g/mol. The number of hydrogen-bond donors (Lipinski definition) is 3. The summed E-state index contributed by atoms with van der Waals surface area (Å²) in [6.07, 6.45) is 8.56. The Bertz CT molecular complexity index is 586. The van der Waals surface area contributed by atoms with Crippen LogP contribution in [0.15, 0.2) is 24.3 Å². The lowest BCUT2D eigenvalue weighted by Gasteiger charge is -2.39. The molecule has 1 atom stereocenters. The van der Waals surface area contributed by atoms with E-state index in [0.29, 0.717) is 12.2 Å². The van der Waals surface area contributed by atoms with Gasteiger partial charge in [0.2, 0.25) is 0 Å². The van der Waals surface area contributed by atoms with Gasteiger partial charge in [0.15, 0.2) is 0 Å². The molecular formula is C22H36BNO4. The first-order chi connectivity index (χ1) is 13.2. The molecule has 1 aliphatic carbocycles. The van der Waals surface area contributed by atoms with Crippen LogP contribution in [0.1, 0.15) is 70.4 Å². The van der Waals surface area contributed by atoms with Gasteiger partial charge in [0, 0.05) is 6.04 Å². The molecule has 6 heteroatoms. The molecule has 0 aliphatic heterocycles. The van der Waals surface area contributed by atoms with Gasteiger partial charge in [0.05, 0.1) is 0 Å². The van der Waals surface area contributed by atoms with E-state index in [0.717, 1.165) is 25.2 Å². The molecule has 0 heterocycles. The Morgan fingerprint density at radius 3 is 2.21 bits per heavy atom. The number of aryl methyl sites for hydroxylation is 1. The summed E-state index contributed by atoms with van der Waals surface area (Å²) in [5.74, 6) is 1.50. The summed E-state index contributed by atoms with van der Waals surface area (Å²) in [5.41, 5.74) is 9.37. The number of unbranched alkanes of at least 4 members (excludes halogenated alkanes) is 1. The van der Waals surface area contributed by atoms with Crippen LogP contribution >= 0.6 is 0 Å². The van der Waals surface area contributed by atoms with E-state index in [1.165, 1.54) is 36.8 Å². The Labute approximate surface area is 169 Å². The first-order valence-electron chi connectivity index (χ1n) is 10.4. The zero-order chi connectivity index (χ0) is 21.2. The average molecular weight is 389 g/mol. The highest BCUT2D eigenvalue weighted by atomic mass is 16.4. The van der Waals surface area contributed by atoms with E-state index in [1.54, 1.807) is 0 Å². The molecule has 1 fully saturated rings. The maximum absolute atomic E-state index is 8.85. The van der Waals surface area contributed by atoms with Crippen LogP contribution in [0.2, 0.25) is 6.32 Å². The van der Waals surface area contributed by atoms with Gasteiger partial charge in [-0.25, -0.2) is 0 Å². The molecule has 4 N–H and O–H groups in total. The SMILES string of the molecule is CC(C)(C)c1ccc(CCC2CC(C(N)CCCCB(O)O)C2)cc1.O=C=O. The molecule has 0 spiro atoms. The Morgan fingerprint density at radius 2 is 1.71 bits per heavy atom. The maximum atomic E-state index is 8.85. The number of benzene rings is 1. The minimum Gasteiger partial charge on any atom is -0.427 e. The summed E-state index contributed by atoms with van der Waals surface area (Å²) in [6, 6.07) is 9.42. The van der Waals surface area contributed by atoms with Crippen molar-refractivity contribution in [3.8, 4) is 0 Å². The van der Waals surface area contributed by atoms with Gasteiger partial charge in [0.25, 0.3) is 0 Å². The Kier molecular flexibility index (Phi) is 10.7. The molecule has 0 saturated heterocycles. The largest absolute Gasteiger partial charge is 0.451 e. The lowest BCUT2D eigenvalue weighted by atomic mass is 9.68. The van der Waals surface area contributed by atoms with Crippen molar-refractivity contribution in [3.05, 3.63) is 35.4 Å². The smallest absolute Gasteiger partial charge is 0.427 e. The van der Waals surface area contributed by atoms with Gasteiger partial charge in [-0.05, 0) is 66.8 Å². The highest BCUT2D eigenvalue weighted by molar-refractivity contribution is 6.40. The van der Waals surface area contributed by atoms with E-state index >= 15 is 0 Å². The van der Waals surface area contributed by atoms with Crippen LogP contribution in [0.25, 0.3) is 0 Å². The van der Waals surface area contributed by atoms with Crippen LogP contribution in [0.5, 0.6) is 0 Å². The summed E-state index contributed by atoms with van der Waals surface area (Å²) in [4.78, 5) is 16.2. The van der Waals surface area contributed by atoms with Crippen LogP contribution in [-0.4, -0.2) is 29.4 Å². The minimum absolute atomic E-state index is 0.227. The predicted molar refractivity (Wildman–Crippen MR) is 112 cm³/mol. The second kappa shape index (κ2) is 12.2. The van der Waals surface area contributed by atoms with Crippen molar-refractivity contribution < 1.29 is 19.6 Å². The fraction of sp³-hybridized carbons (Fsp3) is 0.682. The monoisotopic (exact) mass is 389 g/mol. The maximum Gasteiger partial charge on any atom is 0.451 e. The van der Waals surface area contributed by atoms with Crippen molar-refractivity contribution in [1.82, 2.24) is 0 Å². The fourth-order valence-electron chi connectivity index (χ4n) is 3.86. The van der Waals surface area contributed by atoms with Gasteiger partial charge < -0.3 is 15.8 Å². The van der Waals surface area contributed by atoms with Crippen LogP contribution in [0.4, 0.5) is 0 Å². The molecule has 28 heavy (non-hydrogen) atoms. The second-order valence-electron chi connectivity index (χ2n) is 9.10. The molecule has 0 aromatic heterocycles. The molecule has 1 aromatic rings. The van der Waals surface area contributed by atoms with Crippen LogP contribution in [-0.2, 0) is 21.4 Å². The van der Waals surface area contributed by atoms with Crippen molar-refractivity contribution in [2.24, 2.45) is 17.6 Å². The van der Waals surface area contributed by atoms with Gasteiger partial charge in [-0.1, -0.05) is 57.9 Å². The second-order valence-corrected chi connectivity index (χ2v) is 9.10. The van der Waals surface area contributed by atoms with E-state index in [1.807, 2.05) is 0 Å². The molecule has 1 unspecified atom stereocenters. The third-order valence-corrected chi connectivity index (χ3v) is 5.79. The molecule has 0 amide bonds. The molecule has 156 valence electrons. The Morgan fingerprint density at radius 1 is 1.14 bits per heavy atom. The molecule has 1 aliphatic rings. The van der Waals surface area contributed by atoms with E-state index in [4.69, 9.17) is 25.4 Å². The topological polar surface area (TPSA) is 101 Å². The van der Waals surface area contributed by atoms with Crippen molar-refractivity contribution in [2.45, 2.75) is 83.5 Å². The quantitative estimate of drug-likeness (QED) is 0.444. The zero-order valence-corrected chi connectivity index (χ0v) is 17.6. The normalized spacial score (nSPS) is 19.6. The van der Waals surface area contributed by atoms with Gasteiger partial charge in [0.1, 0.15) is 0 Å². The summed E-state index contributed by atoms with van der Waals surface area (Å²) in [7, 11) is -1.17. The standard InChI is InChI=1S/C21H36BNO2.CO2/c1-21(2,3)19-11-9-16(10-12-19)7-8-17-14-18(15-17)20(23)6-4-5-13-22(24)25;2-1-3/h9-12,17-18,20,24-25H,4-8,13-15,23H2,1-3H3;. The fourth-order valence-corrected chi connectivity index (χ4v) is 3.86. The Balaban J connectivity index is 0.00000122. The van der Waals surface area contributed by atoms with Crippen LogP contribution in [0.3, 0.4) is 0 Å². The molecule has 1 aromatic carbocycles. The van der Waals surface area contributed by atoms with Gasteiger partial charge >= 0.3 is 13.3 Å².